The van der Waals surface area contributed by atoms with Gasteiger partial charge in [-0.3, -0.25) is 0 Å². The summed E-state index contributed by atoms with van der Waals surface area (Å²) in [5.41, 5.74) is 1.11. The Morgan fingerprint density at radius 3 is 2.30 bits per heavy atom. The minimum atomic E-state index is 0.867. The molecule has 0 atom stereocenters. The molecule has 0 bridgehead atoms. The van der Waals surface area contributed by atoms with Crippen LogP contribution >= 0.6 is 23.0 Å². The predicted octanol–water partition coefficient (Wildman–Crippen LogP) is 3.06. The van der Waals surface area contributed by atoms with Crippen molar-refractivity contribution < 1.29 is 3.07 Å². The maximum atomic E-state index is 4.95. The van der Waals surface area contributed by atoms with Gasteiger partial charge in [-0.2, -0.15) is 0 Å². The van der Waals surface area contributed by atoms with E-state index in [-0.39, 0.29) is 0 Å². The molecule has 1 aromatic carbocycles. The van der Waals surface area contributed by atoms with Crippen molar-refractivity contribution in [1.29, 1.82) is 0 Å². The minimum absolute atomic E-state index is 0.867. The molecular weight excluding hydrogens is 239 g/mol. The van der Waals surface area contributed by atoms with E-state index >= 15 is 0 Å². The van der Waals surface area contributed by atoms with Gasteiger partial charge in [0.05, 0.1) is 0 Å². The van der Waals surface area contributed by atoms with Gasteiger partial charge >= 0.3 is 0 Å². The lowest BCUT2D eigenvalue weighted by molar-refractivity contribution is 0.717. The van der Waals surface area contributed by atoms with Gasteiger partial charge in [-0.25, -0.2) is 0 Å². The fourth-order valence-electron chi connectivity index (χ4n) is 0.655. The zero-order valence-corrected chi connectivity index (χ0v) is 7.54. The molecule has 1 rings (SSSR count). The van der Waals surface area contributed by atoms with Gasteiger partial charge in [0, 0.05) is 0 Å². The number of hydrogen-bond donors (Lipinski definition) is 0. The smallest absolute Gasteiger partial charge is 0.192 e. The van der Waals surface area contributed by atoms with Crippen molar-refractivity contribution in [3.63, 3.8) is 0 Å². The molecule has 0 amide bonds. The second-order valence-electron chi connectivity index (χ2n) is 1.85. The van der Waals surface area contributed by atoms with Gasteiger partial charge in [0.25, 0.3) is 0 Å². The largest absolute Gasteiger partial charge is 0.428 e. The highest BCUT2D eigenvalue weighted by Crippen LogP contribution is 2.14. The fourth-order valence-corrected chi connectivity index (χ4v) is 0.949. The maximum absolute atomic E-state index is 4.95. The third-order valence-corrected chi connectivity index (χ3v) is 1.71. The molecule has 10 heavy (non-hydrogen) atoms. The van der Waals surface area contributed by atoms with Crippen molar-refractivity contribution in [3.05, 3.63) is 36.4 Å². The first-order chi connectivity index (χ1) is 4.86. The van der Waals surface area contributed by atoms with Crippen LogP contribution in [0, 0.1) is 0 Å². The van der Waals surface area contributed by atoms with E-state index < -0.39 is 0 Å². The number of hydrogen-bond acceptors (Lipinski definition) is 1. The van der Waals surface area contributed by atoms with Gasteiger partial charge in [-0.1, -0.05) is 24.8 Å². The monoisotopic (exact) mass is 246 g/mol. The summed E-state index contributed by atoms with van der Waals surface area (Å²) >= 11 is 1.85. The highest BCUT2D eigenvalue weighted by molar-refractivity contribution is 14.1. The van der Waals surface area contributed by atoms with Crippen LogP contribution in [0.1, 0.15) is 5.56 Å². The van der Waals surface area contributed by atoms with Crippen molar-refractivity contribution in [2.75, 3.05) is 0 Å². The molecule has 0 radical (unpaired) electrons. The molecule has 0 aromatic heterocycles. The summed E-state index contributed by atoms with van der Waals surface area (Å²) in [5, 5.41) is 0. The van der Waals surface area contributed by atoms with E-state index in [1.165, 1.54) is 0 Å². The van der Waals surface area contributed by atoms with E-state index in [2.05, 4.69) is 6.58 Å². The molecule has 0 aliphatic rings. The second-order valence-corrected chi connectivity index (χ2v) is 2.29. The van der Waals surface area contributed by atoms with Crippen LogP contribution in [0.2, 0.25) is 0 Å². The standard InChI is InChI=1S/C8H7IO/c1-2-7-3-5-8(10-9)6-4-7/h2-6H,1H2. The molecule has 0 spiro atoms. The van der Waals surface area contributed by atoms with Crippen LogP contribution in [0.15, 0.2) is 30.8 Å². The van der Waals surface area contributed by atoms with Crippen molar-refractivity contribution in [2.45, 2.75) is 0 Å². The Hall–Kier alpha value is -0.510. The lowest BCUT2D eigenvalue weighted by Crippen LogP contribution is -1.73. The summed E-state index contributed by atoms with van der Waals surface area (Å²) < 4.78 is 4.95. The Bertz CT molecular complexity index is 215. The molecule has 1 aromatic rings. The van der Waals surface area contributed by atoms with Crippen molar-refractivity contribution in [1.82, 2.24) is 0 Å². The van der Waals surface area contributed by atoms with Crippen LogP contribution in [0.3, 0.4) is 0 Å². The molecule has 0 fully saturated rings. The average Bonchev–Trinajstić information content (AvgIpc) is 2.05. The molecule has 2 heteroatoms. The van der Waals surface area contributed by atoms with Crippen LogP contribution in [0.5, 0.6) is 5.75 Å². The molecule has 0 heterocycles. The summed E-state index contributed by atoms with van der Waals surface area (Å²) in [7, 11) is 0. The van der Waals surface area contributed by atoms with Gasteiger partial charge in [-0.15, -0.1) is 0 Å². The summed E-state index contributed by atoms with van der Waals surface area (Å²) in [6.45, 7) is 3.64. The van der Waals surface area contributed by atoms with Crippen molar-refractivity contribution in [3.8, 4) is 5.75 Å². The van der Waals surface area contributed by atoms with Gasteiger partial charge in [-0.05, 0) is 17.7 Å². The zero-order valence-electron chi connectivity index (χ0n) is 5.38. The average molecular weight is 246 g/mol. The molecule has 0 aliphatic carbocycles. The highest BCUT2D eigenvalue weighted by atomic mass is 127. The summed E-state index contributed by atoms with van der Waals surface area (Å²) in [6.07, 6.45) is 1.80. The molecular formula is C8H7IO. The predicted molar refractivity (Wildman–Crippen MR) is 51.2 cm³/mol. The van der Waals surface area contributed by atoms with E-state index in [1.807, 2.05) is 47.3 Å². The Balaban J connectivity index is 2.90. The summed E-state index contributed by atoms with van der Waals surface area (Å²) in [4.78, 5) is 0. The van der Waals surface area contributed by atoms with Gasteiger partial charge in [0.1, 0.15) is 5.75 Å². The third kappa shape index (κ3) is 1.73. The molecule has 0 unspecified atom stereocenters. The summed E-state index contributed by atoms with van der Waals surface area (Å²) in [5.74, 6) is 0.867. The molecule has 52 valence electrons. The van der Waals surface area contributed by atoms with E-state index in [0.717, 1.165) is 11.3 Å². The fraction of sp³-hybridized carbons (Fsp3) is 0. The van der Waals surface area contributed by atoms with E-state index in [0.29, 0.717) is 0 Å². The SMILES string of the molecule is C=Cc1ccc(OI)cc1. The van der Waals surface area contributed by atoms with E-state index in [1.54, 1.807) is 6.08 Å². The first-order valence-electron chi connectivity index (χ1n) is 2.88. The van der Waals surface area contributed by atoms with Gasteiger partial charge < -0.3 is 3.07 Å². The van der Waals surface area contributed by atoms with E-state index in [9.17, 15) is 0 Å². The molecule has 0 saturated heterocycles. The van der Waals surface area contributed by atoms with E-state index in [4.69, 9.17) is 3.07 Å². The van der Waals surface area contributed by atoms with Crippen LogP contribution in [-0.2, 0) is 0 Å². The molecule has 0 aliphatic heterocycles. The maximum Gasteiger partial charge on any atom is 0.192 e. The van der Waals surface area contributed by atoms with Gasteiger partial charge in [0.15, 0.2) is 23.0 Å². The second kappa shape index (κ2) is 3.61. The Morgan fingerprint density at radius 1 is 1.30 bits per heavy atom. The third-order valence-electron chi connectivity index (χ3n) is 1.20. The first-order valence-corrected chi connectivity index (χ1v) is 3.76. The number of halogens is 1. The number of rotatable bonds is 2. The van der Waals surface area contributed by atoms with Crippen LogP contribution in [0.4, 0.5) is 0 Å². The van der Waals surface area contributed by atoms with Crippen LogP contribution in [0.25, 0.3) is 6.08 Å². The van der Waals surface area contributed by atoms with Crippen molar-refractivity contribution >= 4 is 29.1 Å². The Morgan fingerprint density at radius 2 is 1.90 bits per heavy atom. The first kappa shape index (κ1) is 7.60. The molecule has 0 N–H and O–H groups in total. The quantitative estimate of drug-likeness (QED) is 0.728. The van der Waals surface area contributed by atoms with Crippen molar-refractivity contribution in [2.24, 2.45) is 0 Å². The van der Waals surface area contributed by atoms with Gasteiger partial charge in [0.2, 0.25) is 0 Å². The summed E-state index contributed by atoms with van der Waals surface area (Å²) in [6, 6.07) is 7.73. The Labute approximate surface area is 74.4 Å². The molecule has 1 nitrogen and oxygen atoms in total. The zero-order chi connectivity index (χ0) is 7.40. The highest BCUT2D eigenvalue weighted by Gasteiger charge is 1.88. The lowest BCUT2D eigenvalue weighted by Gasteiger charge is -1.95. The minimum Gasteiger partial charge on any atom is -0.428 e. The molecule has 0 saturated carbocycles. The topological polar surface area (TPSA) is 9.23 Å². The van der Waals surface area contributed by atoms with Crippen LogP contribution < -0.4 is 3.07 Å². The lowest BCUT2D eigenvalue weighted by atomic mass is 10.2. The Kier molecular flexibility index (Phi) is 2.74. The number of benzene rings is 1. The normalized spacial score (nSPS) is 8.90. The van der Waals surface area contributed by atoms with Crippen LogP contribution in [-0.4, -0.2) is 0 Å².